The van der Waals surface area contributed by atoms with Gasteiger partial charge in [0.25, 0.3) is 0 Å². The standard InChI is InChI=1S/C9H10O4/c1-9(13,8(11)12)6-4-2-3-5-7(6)10/h2-5,10,13H,1H3,(H,11,12)/t9-/m1/s1. The highest BCUT2D eigenvalue weighted by atomic mass is 16.4. The molecule has 0 aromatic heterocycles. The van der Waals surface area contributed by atoms with Crippen LogP contribution in [0.2, 0.25) is 0 Å². The number of carboxylic acids is 1. The van der Waals surface area contributed by atoms with Crippen LogP contribution < -0.4 is 0 Å². The average molecular weight is 182 g/mol. The lowest BCUT2D eigenvalue weighted by Crippen LogP contribution is -2.31. The van der Waals surface area contributed by atoms with Crippen molar-refractivity contribution >= 4 is 5.97 Å². The Morgan fingerprint density at radius 1 is 1.38 bits per heavy atom. The number of hydrogen-bond donors (Lipinski definition) is 3. The van der Waals surface area contributed by atoms with Crippen LogP contribution >= 0.6 is 0 Å². The van der Waals surface area contributed by atoms with Gasteiger partial charge in [-0.15, -0.1) is 0 Å². The lowest BCUT2D eigenvalue weighted by atomic mass is 9.95. The van der Waals surface area contributed by atoms with E-state index in [1.807, 2.05) is 0 Å². The maximum absolute atomic E-state index is 10.6. The molecule has 0 radical (unpaired) electrons. The number of aromatic hydroxyl groups is 1. The van der Waals surface area contributed by atoms with Gasteiger partial charge in [-0.2, -0.15) is 0 Å². The van der Waals surface area contributed by atoms with Gasteiger partial charge in [0, 0.05) is 5.56 Å². The monoisotopic (exact) mass is 182 g/mol. The second-order valence-electron chi connectivity index (χ2n) is 2.89. The number of carboxylic acid groups (broad SMARTS) is 1. The van der Waals surface area contributed by atoms with Crippen molar-refractivity contribution in [1.29, 1.82) is 0 Å². The van der Waals surface area contributed by atoms with Gasteiger partial charge in [0.05, 0.1) is 0 Å². The molecular formula is C9H10O4. The molecule has 0 spiro atoms. The highest BCUT2D eigenvalue weighted by Crippen LogP contribution is 2.28. The summed E-state index contributed by atoms with van der Waals surface area (Å²) in [4.78, 5) is 10.6. The molecule has 0 fully saturated rings. The predicted molar refractivity (Wildman–Crippen MR) is 45.3 cm³/mol. The van der Waals surface area contributed by atoms with Crippen molar-refractivity contribution in [3.63, 3.8) is 0 Å². The molecule has 0 saturated carbocycles. The van der Waals surface area contributed by atoms with E-state index in [0.717, 1.165) is 6.92 Å². The highest BCUT2D eigenvalue weighted by Gasteiger charge is 2.34. The van der Waals surface area contributed by atoms with E-state index >= 15 is 0 Å². The third-order valence-electron chi connectivity index (χ3n) is 1.84. The van der Waals surface area contributed by atoms with E-state index in [9.17, 15) is 15.0 Å². The number of aliphatic carboxylic acids is 1. The Kier molecular flexibility index (Phi) is 2.25. The first-order chi connectivity index (χ1) is 5.96. The Labute approximate surface area is 75.1 Å². The molecule has 1 rings (SSSR count). The largest absolute Gasteiger partial charge is 0.508 e. The van der Waals surface area contributed by atoms with Crippen LogP contribution in [0.1, 0.15) is 12.5 Å². The Morgan fingerprint density at radius 3 is 2.38 bits per heavy atom. The molecule has 0 heterocycles. The van der Waals surface area contributed by atoms with Gasteiger partial charge in [-0.25, -0.2) is 4.79 Å². The van der Waals surface area contributed by atoms with E-state index in [2.05, 4.69) is 0 Å². The summed E-state index contributed by atoms with van der Waals surface area (Å²) in [5.41, 5.74) is -2.06. The maximum atomic E-state index is 10.6. The molecule has 1 atom stereocenters. The van der Waals surface area contributed by atoms with Crippen LogP contribution in [-0.2, 0) is 10.4 Å². The number of phenolic OH excluding ortho intramolecular Hbond substituents is 1. The molecule has 1 aromatic rings. The number of aliphatic hydroxyl groups is 1. The zero-order chi connectivity index (χ0) is 10.1. The molecular weight excluding hydrogens is 172 g/mol. The van der Waals surface area contributed by atoms with Crippen LogP contribution in [0.3, 0.4) is 0 Å². The Hall–Kier alpha value is -1.55. The fourth-order valence-electron chi connectivity index (χ4n) is 1.00. The summed E-state index contributed by atoms with van der Waals surface area (Å²) in [6, 6.07) is 5.79. The van der Waals surface area contributed by atoms with Gasteiger partial charge < -0.3 is 15.3 Å². The molecule has 13 heavy (non-hydrogen) atoms. The van der Waals surface area contributed by atoms with Crippen LogP contribution in [-0.4, -0.2) is 21.3 Å². The van der Waals surface area contributed by atoms with E-state index in [4.69, 9.17) is 5.11 Å². The normalized spacial score (nSPS) is 14.9. The smallest absolute Gasteiger partial charge is 0.340 e. The van der Waals surface area contributed by atoms with Gasteiger partial charge in [-0.05, 0) is 13.0 Å². The van der Waals surface area contributed by atoms with Crippen molar-refractivity contribution in [1.82, 2.24) is 0 Å². The number of phenols is 1. The minimum absolute atomic E-state index is 0.0116. The lowest BCUT2D eigenvalue weighted by molar-refractivity contribution is -0.157. The van der Waals surface area contributed by atoms with Crippen molar-refractivity contribution < 1.29 is 20.1 Å². The number of carbonyl (C=O) groups is 1. The van der Waals surface area contributed by atoms with E-state index in [-0.39, 0.29) is 11.3 Å². The Morgan fingerprint density at radius 2 is 1.92 bits per heavy atom. The van der Waals surface area contributed by atoms with E-state index in [0.29, 0.717) is 0 Å². The number of benzene rings is 1. The molecule has 0 aliphatic heterocycles. The first-order valence-electron chi connectivity index (χ1n) is 3.70. The minimum atomic E-state index is -2.05. The van der Waals surface area contributed by atoms with Gasteiger partial charge in [-0.1, -0.05) is 18.2 Å². The first-order valence-corrected chi connectivity index (χ1v) is 3.70. The second kappa shape index (κ2) is 3.06. The fraction of sp³-hybridized carbons (Fsp3) is 0.222. The maximum Gasteiger partial charge on any atom is 0.340 e. The third kappa shape index (κ3) is 1.62. The van der Waals surface area contributed by atoms with Crippen molar-refractivity contribution in [2.75, 3.05) is 0 Å². The number of hydrogen-bond acceptors (Lipinski definition) is 3. The van der Waals surface area contributed by atoms with Crippen LogP contribution in [0.4, 0.5) is 0 Å². The number of para-hydroxylation sites is 1. The molecule has 0 bridgehead atoms. The third-order valence-corrected chi connectivity index (χ3v) is 1.84. The van der Waals surface area contributed by atoms with Crippen molar-refractivity contribution in [2.45, 2.75) is 12.5 Å². The molecule has 0 saturated heterocycles. The molecule has 4 nitrogen and oxygen atoms in total. The van der Waals surface area contributed by atoms with Crippen LogP contribution in [0.25, 0.3) is 0 Å². The Balaban J connectivity index is 3.22. The molecule has 0 aliphatic rings. The zero-order valence-electron chi connectivity index (χ0n) is 7.06. The topological polar surface area (TPSA) is 77.8 Å². The molecule has 0 aliphatic carbocycles. The van der Waals surface area contributed by atoms with Gasteiger partial charge in [0.2, 0.25) is 0 Å². The second-order valence-corrected chi connectivity index (χ2v) is 2.89. The van der Waals surface area contributed by atoms with Crippen molar-refractivity contribution in [3.8, 4) is 5.75 Å². The number of rotatable bonds is 2. The van der Waals surface area contributed by atoms with Crippen molar-refractivity contribution in [2.24, 2.45) is 0 Å². The van der Waals surface area contributed by atoms with E-state index < -0.39 is 11.6 Å². The first kappa shape index (κ1) is 9.54. The molecule has 70 valence electrons. The molecule has 4 heteroatoms. The summed E-state index contributed by atoms with van der Waals surface area (Å²) in [5, 5.41) is 27.4. The van der Waals surface area contributed by atoms with Crippen LogP contribution in [0.15, 0.2) is 24.3 Å². The summed E-state index contributed by atoms with van der Waals surface area (Å²) < 4.78 is 0. The summed E-state index contributed by atoms with van der Waals surface area (Å²) in [7, 11) is 0. The van der Waals surface area contributed by atoms with Crippen molar-refractivity contribution in [3.05, 3.63) is 29.8 Å². The van der Waals surface area contributed by atoms with Gasteiger partial charge in [-0.3, -0.25) is 0 Å². The summed E-state index contributed by atoms with van der Waals surface area (Å²) in [5.74, 6) is -1.62. The zero-order valence-corrected chi connectivity index (χ0v) is 7.06. The molecule has 3 N–H and O–H groups in total. The quantitative estimate of drug-likeness (QED) is 0.628. The molecule has 0 unspecified atom stereocenters. The summed E-state index contributed by atoms with van der Waals surface area (Å²) >= 11 is 0. The lowest BCUT2D eigenvalue weighted by Gasteiger charge is -2.18. The van der Waals surface area contributed by atoms with Crippen LogP contribution in [0.5, 0.6) is 5.75 Å². The SMILES string of the molecule is C[C@](O)(C(=O)O)c1ccccc1O. The van der Waals surface area contributed by atoms with E-state index in [1.165, 1.54) is 12.1 Å². The molecule has 1 aromatic carbocycles. The van der Waals surface area contributed by atoms with Crippen LogP contribution in [0, 0.1) is 0 Å². The predicted octanol–water partition coefficient (Wildman–Crippen LogP) is 0.684. The minimum Gasteiger partial charge on any atom is -0.508 e. The molecule has 0 amide bonds. The van der Waals surface area contributed by atoms with Gasteiger partial charge in [0.1, 0.15) is 5.75 Å². The van der Waals surface area contributed by atoms with E-state index in [1.54, 1.807) is 12.1 Å². The average Bonchev–Trinajstić information content (AvgIpc) is 2.04. The summed E-state index contributed by atoms with van der Waals surface area (Å²) in [6.07, 6.45) is 0. The van der Waals surface area contributed by atoms with Gasteiger partial charge >= 0.3 is 5.97 Å². The Bertz CT molecular complexity index is 330. The summed E-state index contributed by atoms with van der Waals surface area (Å²) in [6.45, 7) is 1.12. The highest BCUT2D eigenvalue weighted by molar-refractivity contribution is 5.79. The van der Waals surface area contributed by atoms with Gasteiger partial charge in [0.15, 0.2) is 5.60 Å². The fourth-order valence-corrected chi connectivity index (χ4v) is 1.00.